The number of hydrogen-bond acceptors (Lipinski definition) is 7. The highest BCUT2D eigenvalue weighted by Gasteiger charge is 2.28. The Balaban J connectivity index is 1.75. The molecule has 0 radical (unpaired) electrons. The molecule has 9 heteroatoms. The van der Waals surface area contributed by atoms with E-state index in [1.807, 2.05) is 38.1 Å². The number of rotatable bonds is 9. The van der Waals surface area contributed by atoms with Gasteiger partial charge in [-0.15, -0.1) is 10.2 Å². The molecule has 2 unspecified atom stereocenters. The number of nitrogens with zero attached hydrogens (tertiary/aromatic N) is 2. The maximum Gasteiger partial charge on any atom is 0.255 e. The standard InChI is InChI=1S/C23H26N4O4S/c1-5-14(2)19(24-20(28)17-11-6-7-12-18(17)31-4)21(29)25-23-27-26-22(32-23)15-9-8-10-16(13-15)30-3/h6-14,19H,5H2,1-4H3,(H,24,28)(H,25,27,29). The van der Waals surface area contributed by atoms with Gasteiger partial charge in [0.15, 0.2) is 0 Å². The van der Waals surface area contributed by atoms with Gasteiger partial charge in [0.1, 0.15) is 22.5 Å². The van der Waals surface area contributed by atoms with Gasteiger partial charge in [0, 0.05) is 5.56 Å². The fraction of sp³-hybridized carbons (Fsp3) is 0.304. The number of hydrogen-bond donors (Lipinski definition) is 2. The van der Waals surface area contributed by atoms with Gasteiger partial charge < -0.3 is 14.8 Å². The minimum Gasteiger partial charge on any atom is -0.497 e. The van der Waals surface area contributed by atoms with Crippen LogP contribution >= 0.6 is 11.3 Å². The number of amides is 2. The van der Waals surface area contributed by atoms with E-state index in [4.69, 9.17) is 9.47 Å². The predicted octanol–water partition coefficient (Wildman–Crippen LogP) is 4.01. The quantitative estimate of drug-likeness (QED) is 0.507. The summed E-state index contributed by atoms with van der Waals surface area (Å²) in [5.41, 5.74) is 1.21. The van der Waals surface area contributed by atoms with E-state index in [-0.39, 0.29) is 17.7 Å². The summed E-state index contributed by atoms with van der Waals surface area (Å²) < 4.78 is 10.5. The molecule has 3 rings (SSSR count). The highest BCUT2D eigenvalue weighted by atomic mass is 32.1. The second-order valence-corrected chi connectivity index (χ2v) is 8.15. The van der Waals surface area contributed by atoms with E-state index >= 15 is 0 Å². The third-order valence-electron chi connectivity index (χ3n) is 5.11. The Bertz CT molecular complexity index is 1090. The predicted molar refractivity (Wildman–Crippen MR) is 124 cm³/mol. The van der Waals surface area contributed by atoms with Gasteiger partial charge in [0.25, 0.3) is 5.91 Å². The van der Waals surface area contributed by atoms with Gasteiger partial charge in [-0.1, -0.05) is 55.9 Å². The maximum atomic E-state index is 13.0. The van der Waals surface area contributed by atoms with Crippen LogP contribution in [-0.2, 0) is 4.79 Å². The number of aromatic nitrogens is 2. The lowest BCUT2D eigenvalue weighted by molar-refractivity contribution is -0.119. The second-order valence-electron chi connectivity index (χ2n) is 7.17. The van der Waals surface area contributed by atoms with Gasteiger partial charge in [-0.2, -0.15) is 0 Å². The fourth-order valence-corrected chi connectivity index (χ4v) is 3.83. The van der Waals surface area contributed by atoms with Crippen molar-refractivity contribution in [2.45, 2.75) is 26.3 Å². The Morgan fingerprint density at radius 3 is 2.56 bits per heavy atom. The minimum atomic E-state index is -0.749. The topological polar surface area (TPSA) is 102 Å². The van der Waals surface area contributed by atoms with Crippen molar-refractivity contribution in [2.24, 2.45) is 5.92 Å². The molecule has 8 nitrogen and oxygen atoms in total. The first-order valence-electron chi connectivity index (χ1n) is 10.2. The van der Waals surface area contributed by atoms with E-state index in [1.54, 1.807) is 31.4 Å². The fourth-order valence-electron chi connectivity index (χ4n) is 3.08. The van der Waals surface area contributed by atoms with Crippen molar-refractivity contribution in [3.8, 4) is 22.1 Å². The van der Waals surface area contributed by atoms with Crippen molar-refractivity contribution in [3.63, 3.8) is 0 Å². The summed E-state index contributed by atoms with van der Waals surface area (Å²) in [5.74, 6) is 0.326. The molecule has 2 aromatic carbocycles. The molecule has 168 valence electrons. The summed E-state index contributed by atoms with van der Waals surface area (Å²) in [6.45, 7) is 3.88. The van der Waals surface area contributed by atoms with Crippen LogP contribution in [0.1, 0.15) is 30.6 Å². The molecule has 3 aromatic rings. The van der Waals surface area contributed by atoms with E-state index in [9.17, 15) is 9.59 Å². The van der Waals surface area contributed by atoms with Crippen LogP contribution in [0.4, 0.5) is 5.13 Å². The normalized spacial score (nSPS) is 12.5. The number of methoxy groups -OCH3 is 2. The number of anilines is 1. The number of benzene rings is 2. The molecule has 32 heavy (non-hydrogen) atoms. The number of carbonyl (C=O) groups excluding carboxylic acids is 2. The van der Waals surface area contributed by atoms with Gasteiger partial charge in [-0.25, -0.2) is 0 Å². The third kappa shape index (κ3) is 5.42. The largest absolute Gasteiger partial charge is 0.497 e. The zero-order valence-corrected chi connectivity index (χ0v) is 19.2. The Labute approximate surface area is 191 Å². The first kappa shape index (κ1) is 23.2. The zero-order valence-electron chi connectivity index (χ0n) is 18.4. The molecule has 1 heterocycles. The molecule has 2 atom stereocenters. The molecular weight excluding hydrogens is 428 g/mol. The summed E-state index contributed by atoms with van der Waals surface area (Å²) >= 11 is 1.25. The van der Waals surface area contributed by atoms with E-state index in [1.165, 1.54) is 18.4 Å². The summed E-state index contributed by atoms with van der Waals surface area (Å²) in [6, 6.07) is 13.6. The molecule has 0 saturated heterocycles. The molecule has 2 amide bonds. The van der Waals surface area contributed by atoms with Crippen LogP contribution in [0.3, 0.4) is 0 Å². The Hall–Kier alpha value is -3.46. The Morgan fingerprint density at radius 1 is 1.06 bits per heavy atom. The Kier molecular flexibility index (Phi) is 7.77. The monoisotopic (exact) mass is 454 g/mol. The molecule has 0 bridgehead atoms. The van der Waals surface area contributed by atoms with Crippen molar-refractivity contribution in [1.29, 1.82) is 0 Å². The molecule has 0 aliphatic heterocycles. The van der Waals surface area contributed by atoms with E-state index in [0.717, 1.165) is 5.56 Å². The summed E-state index contributed by atoms with van der Waals surface area (Å²) in [4.78, 5) is 25.9. The molecule has 0 aliphatic rings. The van der Waals surface area contributed by atoms with Crippen molar-refractivity contribution in [1.82, 2.24) is 15.5 Å². The van der Waals surface area contributed by atoms with Crippen LogP contribution in [-0.4, -0.2) is 42.3 Å². The molecular formula is C23H26N4O4S. The summed E-state index contributed by atoms with van der Waals surface area (Å²) in [5, 5.41) is 14.9. The van der Waals surface area contributed by atoms with Gasteiger partial charge >= 0.3 is 0 Å². The third-order valence-corrected chi connectivity index (χ3v) is 5.99. The molecule has 0 fully saturated rings. The zero-order chi connectivity index (χ0) is 23.1. The van der Waals surface area contributed by atoms with Gasteiger partial charge in [0.05, 0.1) is 19.8 Å². The number of carbonyl (C=O) groups is 2. The van der Waals surface area contributed by atoms with E-state index in [2.05, 4.69) is 20.8 Å². The van der Waals surface area contributed by atoms with Crippen LogP contribution < -0.4 is 20.1 Å². The second kappa shape index (κ2) is 10.7. The highest BCUT2D eigenvalue weighted by molar-refractivity contribution is 7.18. The number of para-hydroxylation sites is 1. The van der Waals surface area contributed by atoms with E-state index in [0.29, 0.717) is 33.6 Å². The maximum absolute atomic E-state index is 13.0. The van der Waals surface area contributed by atoms with E-state index < -0.39 is 6.04 Å². The lowest BCUT2D eigenvalue weighted by Gasteiger charge is -2.23. The van der Waals surface area contributed by atoms with Crippen LogP contribution in [0.15, 0.2) is 48.5 Å². The van der Waals surface area contributed by atoms with Gasteiger partial charge in [-0.3, -0.25) is 14.9 Å². The van der Waals surface area contributed by atoms with Crippen LogP contribution in [0, 0.1) is 5.92 Å². The lowest BCUT2D eigenvalue weighted by Crippen LogP contribution is -2.47. The van der Waals surface area contributed by atoms with Crippen LogP contribution in [0.2, 0.25) is 0 Å². The molecule has 0 spiro atoms. The molecule has 0 saturated carbocycles. The van der Waals surface area contributed by atoms with Crippen molar-refractivity contribution in [2.75, 3.05) is 19.5 Å². The average Bonchev–Trinajstić information content (AvgIpc) is 3.30. The first-order chi connectivity index (χ1) is 15.5. The SMILES string of the molecule is CCC(C)C(NC(=O)c1ccccc1OC)C(=O)Nc1nnc(-c2cccc(OC)c2)s1. The highest BCUT2D eigenvalue weighted by Crippen LogP contribution is 2.29. The molecule has 0 aliphatic carbocycles. The van der Waals surface area contributed by atoms with Crippen molar-refractivity contribution in [3.05, 3.63) is 54.1 Å². The number of nitrogens with one attached hydrogen (secondary N) is 2. The van der Waals surface area contributed by atoms with Crippen LogP contribution in [0.5, 0.6) is 11.5 Å². The molecule has 2 N–H and O–H groups in total. The lowest BCUT2D eigenvalue weighted by atomic mass is 9.98. The van der Waals surface area contributed by atoms with Gasteiger partial charge in [0.2, 0.25) is 11.0 Å². The number of ether oxygens (including phenoxy) is 2. The van der Waals surface area contributed by atoms with Crippen LogP contribution in [0.25, 0.3) is 10.6 Å². The molecule has 1 aromatic heterocycles. The Morgan fingerprint density at radius 2 is 1.84 bits per heavy atom. The van der Waals surface area contributed by atoms with Crippen molar-refractivity contribution < 1.29 is 19.1 Å². The van der Waals surface area contributed by atoms with Gasteiger partial charge in [-0.05, 0) is 30.2 Å². The summed E-state index contributed by atoms with van der Waals surface area (Å²) in [6.07, 6.45) is 0.704. The first-order valence-corrected chi connectivity index (χ1v) is 11.0. The average molecular weight is 455 g/mol. The summed E-state index contributed by atoms with van der Waals surface area (Å²) in [7, 11) is 3.10. The van der Waals surface area contributed by atoms with Crippen molar-refractivity contribution >= 4 is 28.3 Å². The minimum absolute atomic E-state index is 0.0977. The smallest absolute Gasteiger partial charge is 0.255 e.